The van der Waals surface area contributed by atoms with Gasteiger partial charge in [0.2, 0.25) is 0 Å². The molecule has 3 N–H and O–H groups in total. The lowest BCUT2D eigenvalue weighted by Crippen LogP contribution is -2.75. The Bertz CT molecular complexity index is 1040. The number of hydrogen-bond donors (Lipinski definition) is 3. The molecule has 2 aromatic carbocycles. The van der Waals surface area contributed by atoms with Crippen molar-refractivity contribution in [3.05, 3.63) is 85.2 Å². The van der Waals surface area contributed by atoms with Gasteiger partial charge >= 0.3 is 6.03 Å². The average Bonchev–Trinajstić information content (AvgIpc) is 3.37. The van der Waals surface area contributed by atoms with E-state index in [9.17, 15) is 4.79 Å². The van der Waals surface area contributed by atoms with Gasteiger partial charge in [0.25, 0.3) is 8.32 Å². The molecule has 172 valence electrons. The third-order valence-electron chi connectivity index (χ3n) is 7.11. The fraction of sp³-hybridized carbons (Fsp3) is 0.346. The van der Waals surface area contributed by atoms with Crippen molar-refractivity contribution in [3.63, 3.8) is 0 Å². The number of rotatable bonds is 5. The van der Waals surface area contributed by atoms with E-state index in [0.717, 1.165) is 5.82 Å². The highest BCUT2D eigenvalue weighted by Crippen LogP contribution is 2.38. The molecule has 3 atom stereocenters. The van der Waals surface area contributed by atoms with Crippen molar-refractivity contribution in [3.8, 4) is 0 Å². The van der Waals surface area contributed by atoms with E-state index in [1.807, 2.05) is 23.1 Å². The molecule has 0 radical (unpaired) electrons. The predicted octanol–water partition coefficient (Wildman–Crippen LogP) is 2.26. The minimum absolute atomic E-state index is 0.0836. The van der Waals surface area contributed by atoms with E-state index in [2.05, 4.69) is 97.9 Å². The molecule has 7 heteroatoms. The highest BCUT2D eigenvalue weighted by Gasteiger charge is 2.58. The van der Waals surface area contributed by atoms with Gasteiger partial charge in [0, 0.05) is 6.54 Å². The predicted molar refractivity (Wildman–Crippen MR) is 134 cm³/mol. The zero-order valence-corrected chi connectivity index (χ0v) is 20.5. The Hall–Kier alpha value is -3.03. The summed E-state index contributed by atoms with van der Waals surface area (Å²) in [4.78, 5) is 14.8. The van der Waals surface area contributed by atoms with Crippen LogP contribution in [0.1, 0.15) is 20.8 Å². The fourth-order valence-corrected chi connectivity index (χ4v) is 10.3. The molecule has 0 bridgehead atoms. The van der Waals surface area contributed by atoms with Gasteiger partial charge in [-0.25, -0.2) is 4.79 Å². The minimum Gasteiger partial charge on any atom is -0.405 e. The number of nitrogens with zero attached hydrogens (tertiary/aromatic N) is 1. The first-order chi connectivity index (χ1) is 15.8. The first-order valence-corrected chi connectivity index (χ1v) is 13.4. The van der Waals surface area contributed by atoms with E-state index in [4.69, 9.17) is 4.43 Å². The summed E-state index contributed by atoms with van der Waals surface area (Å²) in [5.41, 5.74) is -0.598. The van der Waals surface area contributed by atoms with Gasteiger partial charge < -0.3 is 20.4 Å². The van der Waals surface area contributed by atoms with E-state index in [1.165, 1.54) is 10.4 Å². The Kier molecular flexibility index (Phi) is 5.14. The molecule has 2 amide bonds. The highest BCUT2D eigenvalue weighted by molar-refractivity contribution is 6.99. The lowest BCUT2D eigenvalue weighted by Gasteiger charge is -2.48. The quantitative estimate of drug-likeness (QED) is 0.473. The van der Waals surface area contributed by atoms with Crippen molar-refractivity contribution >= 4 is 24.7 Å². The van der Waals surface area contributed by atoms with Crippen LogP contribution in [-0.2, 0) is 4.43 Å². The maximum atomic E-state index is 13.0. The average molecular weight is 461 g/mol. The van der Waals surface area contributed by atoms with Gasteiger partial charge in [-0.05, 0) is 21.5 Å². The van der Waals surface area contributed by atoms with Crippen LogP contribution in [0, 0.1) is 0 Å². The number of amides is 2. The molecule has 3 aliphatic heterocycles. The molecule has 5 rings (SSSR count). The Balaban J connectivity index is 1.54. The van der Waals surface area contributed by atoms with Crippen molar-refractivity contribution in [2.75, 3.05) is 13.2 Å². The van der Waals surface area contributed by atoms with E-state index in [-0.39, 0.29) is 23.2 Å². The number of carbonyl (C=O) groups excluding carboxylic acids is 1. The van der Waals surface area contributed by atoms with Crippen LogP contribution in [0.25, 0.3) is 0 Å². The molecule has 3 heterocycles. The fourth-order valence-electron chi connectivity index (χ4n) is 5.71. The van der Waals surface area contributed by atoms with Crippen molar-refractivity contribution in [2.24, 2.45) is 0 Å². The molecule has 6 nitrogen and oxygen atoms in total. The third kappa shape index (κ3) is 3.29. The van der Waals surface area contributed by atoms with Gasteiger partial charge in [0.15, 0.2) is 5.66 Å². The molecular weight excluding hydrogens is 428 g/mol. The van der Waals surface area contributed by atoms with Crippen molar-refractivity contribution in [1.29, 1.82) is 0 Å². The molecule has 0 aromatic heterocycles. The number of benzene rings is 2. The first kappa shape index (κ1) is 21.8. The van der Waals surface area contributed by atoms with E-state index < -0.39 is 14.0 Å². The molecule has 0 saturated carbocycles. The summed E-state index contributed by atoms with van der Waals surface area (Å²) in [6.45, 7) is 11.8. The Morgan fingerprint density at radius 2 is 1.67 bits per heavy atom. The summed E-state index contributed by atoms with van der Waals surface area (Å²) in [6.07, 6.45) is 4.11. The molecule has 3 aliphatic rings. The second-order valence-electron chi connectivity index (χ2n) is 10.1. The van der Waals surface area contributed by atoms with E-state index in [0.29, 0.717) is 13.2 Å². The monoisotopic (exact) mass is 460 g/mol. The summed E-state index contributed by atoms with van der Waals surface area (Å²) in [5, 5.41) is 12.4. The van der Waals surface area contributed by atoms with E-state index in [1.54, 1.807) is 0 Å². The molecule has 2 fully saturated rings. The van der Waals surface area contributed by atoms with Gasteiger partial charge in [-0.3, -0.25) is 4.90 Å². The molecule has 2 aromatic rings. The second-order valence-corrected chi connectivity index (χ2v) is 14.4. The molecule has 1 spiro atoms. The third-order valence-corrected chi connectivity index (χ3v) is 12.1. The Labute approximate surface area is 196 Å². The SMILES string of the molecule is C=C1N[C@H]2[C@H](CO[Si](c3ccccc3)(c3ccccc3)C(C)(C)C)NC(=O)N3CC=CC23N1. The summed E-state index contributed by atoms with van der Waals surface area (Å²) in [5.74, 6) is 0.725. The number of nitrogens with one attached hydrogen (secondary N) is 3. The van der Waals surface area contributed by atoms with Crippen LogP contribution in [0.15, 0.2) is 85.2 Å². The largest absolute Gasteiger partial charge is 0.405 e. The van der Waals surface area contributed by atoms with Crippen LogP contribution in [0.5, 0.6) is 0 Å². The molecule has 2 saturated heterocycles. The van der Waals surface area contributed by atoms with Gasteiger partial charge in [-0.15, -0.1) is 0 Å². The van der Waals surface area contributed by atoms with Crippen LogP contribution < -0.4 is 26.3 Å². The van der Waals surface area contributed by atoms with Crippen LogP contribution in [0.4, 0.5) is 4.79 Å². The highest BCUT2D eigenvalue weighted by atomic mass is 28.4. The summed E-state index contributed by atoms with van der Waals surface area (Å²) in [6, 6.07) is 20.8. The standard InChI is InChI=1S/C26H32N4O2Si/c1-19-27-23-22(28-24(31)30-17-11-16-26(23,30)29-19)18-32-33(25(2,3)4,20-12-7-5-8-13-20)21-14-9-6-10-15-21/h5-16,22-23,27,29H,1,17-18H2,2-4H3,(H,28,31)/t22-,23-,26?/m0/s1. The zero-order valence-electron chi connectivity index (χ0n) is 19.5. The molecule has 33 heavy (non-hydrogen) atoms. The normalized spacial score (nSPS) is 26.3. The Morgan fingerprint density at radius 3 is 2.24 bits per heavy atom. The van der Waals surface area contributed by atoms with Gasteiger partial charge in [0.05, 0.1) is 24.5 Å². The van der Waals surface area contributed by atoms with Crippen LogP contribution in [0.2, 0.25) is 5.04 Å². The molecule has 0 aliphatic carbocycles. The number of carbonyl (C=O) groups is 1. The molecular formula is C26H32N4O2Si. The maximum absolute atomic E-state index is 13.0. The van der Waals surface area contributed by atoms with Crippen LogP contribution in [0.3, 0.4) is 0 Å². The van der Waals surface area contributed by atoms with Crippen molar-refractivity contribution in [1.82, 2.24) is 20.9 Å². The summed E-state index contributed by atoms with van der Waals surface area (Å²) in [7, 11) is -2.71. The summed E-state index contributed by atoms with van der Waals surface area (Å²) < 4.78 is 7.13. The van der Waals surface area contributed by atoms with E-state index >= 15 is 0 Å². The van der Waals surface area contributed by atoms with Crippen LogP contribution >= 0.6 is 0 Å². The van der Waals surface area contributed by atoms with Gasteiger partial charge in [-0.1, -0.05) is 94.1 Å². The molecule has 1 unspecified atom stereocenters. The van der Waals surface area contributed by atoms with Crippen LogP contribution in [-0.4, -0.2) is 50.1 Å². The lowest BCUT2D eigenvalue weighted by atomic mass is 9.93. The van der Waals surface area contributed by atoms with Crippen molar-refractivity contribution in [2.45, 2.75) is 43.6 Å². The minimum atomic E-state index is -2.71. The smallest absolute Gasteiger partial charge is 0.320 e. The summed E-state index contributed by atoms with van der Waals surface area (Å²) >= 11 is 0. The zero-order chi connectivity index (χ0) is 23.3. The topological polar surface area (TPSA) is 65.6 Å². The first-order valence-electron chi connectivity index (χ1n) is 11.5. The number of hydrogen-bond acceptors (Lipinski definition) is 4. The van der Waals surface area contributed by atoms with Gasteiger partial charge in [0.1, 0.15) is 0 Å². The number of urea groups is 1. The Morgan fingerprint density at radius 1 is 1.06 bits per heavy atom. The maximum Gasteiger partial charge on any atom is 0.320 e. The lowest BCUT2D eigenvalue weighted by molar-refractivity contribution is 0.0802. The van der Waals surface area contributed by atoms with Gasteiger partial charge in [-0.2, -0.15) is 0 Å². The van der Waals surface area contributed by atoms with Crippen molar-refractivity contribution < 1.29 is 9.22 Å². The second kappa shape index (κ2) is 7.78.